The molecule has 0 spiro atoms. The second kappa shape index (κ2) is 6.21. The normalized spacial score (nSPS) is 11.9. The molecular formula is C13H19N3O. The number of hydrogen-bond donors (Lipinski definition) is 2. The third-order valence-corrected chi connectivity index (χ3v) is 2.58. The number of pyridine rings is 1. The lowest BCUT2D eigenvalue weighted by Gasteiger charge is -2.13. The van der Waals surface area contributed by atoms with Crippen molar-refractivity contribution < 1.29 is 5.11 Å². The topological polar surface area (TPSA) is 68.9 Å². The molecule has 4 heteroatoms. The Kier molecular flexibility index (Phi) is 4.92. The van der Waals surface area contributed by atoms with Crippen LogP contribution in [-0.2, 0) is 0 Å². The molecule has 1 heterocycles. The van der Waals surface area contributed by atoms with E-state index in [9.17, 15) is 5.11 Å². The van der Waals surface area contributed by atoms with E-state index in [1.54, 1.807) is 0 Å². The maximum atomic E-state index is 9.64. The minimum absolute atomic E-state index is 0.394. The fraction of sp³-hybridized carbons (Fsp3) is 0.538. The Balaban J connectivity index is 2.80. The van der Waals surface area contributed by atoms with Gasteiger partial charge in [0.2, 0.25) is 0 Å². The van der Waals surface area contributed by atoms with Gasteiger partial charge in [-0.1, -0.05) is 13.3 Å². The van der Waals surface area contributed by atoms with Gasteiger partial charge >= 0.3 is 0 Å². The monoisotopic (exact) mass is 233 g/mol. The van der Waals surface area contributed by atoms with Gasteiger partial charge in [-0.05, 0) is 31.9 Å². The lowest BCUT2D eigenvalue weighted by molar-refractivity contribution is 0.176. The van der Waals surface area contributed by atoms with Crippen LogP contribution in [0.1, 0.15) is 36.6 Å². The number of hydrogen-bond acceptors (Lipinski definition) is 4. The van der Waals surface area contributed by atoms with E-state index in [0.29, 0.717) is 17.9 Å². The molecule has 4 nitrogen and oxygen atoms in total. The molecular weight excluding hydrogens is 214 g/mol. The molecule has 1 aromatic heterocycles. The molecule has 0 radical (unpaired) electrons. The number of nitrogens with zero attached hydrogens (tertiary/aromatic N) is 2. The lowest BCUT2D eigenvalue weighted by Crippen LogP contribution is -2.20. The first kappa shape index (κ1) is 13.5. The van der Waals surface area contributed by atoms with Gasteiger partial charge in [0.1, 0.15) is 11.9 Å². The number of aliphatic hydroxyl groups is 1. The number of rotatable bonds is 5. The fourth-order valence-corrected chi connectivity index (χ4v) is 1.76. The highest BCUT2D eigenvalue weighted by atomic mass is 16.3. The lowest BCUT2D eigenvalue weighted by atomic mass is 10.1. The zero-order chi connectivity index (χ0) is 12.8. The summed E-state index contributed by atoms with van der Waals surface area (Å²) in [6.45, 7) is 6.24. The summed E-state index contributed by atoms with van der Waals surface area (Å²) in [6.07, 6.45) is 1.29. The number of aromatic nitrogens is 1. The highest BCUT2D eigenvalue weighted by Crippen LogP contribution is 2.17. The van der Waals surface area contributed by atoms with Crippen molar-refractivity contribution in [3.8, 4) is 6.07 Å². The molecule has 1 rings (SSSR count). The summed E-state index contributed by atoms with van der Waals surface area (Å²) in [4.78, 5) is 4.29. The minimum atomic E-state index is -0.394. The van der Waals surface area contributed by atoms with Crippen molar-refractivity contribution in [1.29, 1.82) is 5.26 Å². The van der Waals surface area contributed by atoms with Crippen LogP contribution in [0.3, 0.4) is 0 Å². The van der Waals surface area contributed by atoms with Crippen molar-refractivity contribution in [2.75, 3.05) is 11.9 Å². The van der Waals surface area contributed by atoms with Gasteiger partial charge in [0.25, 0.3) is 0 Å². The summed E-state index contributed by atoms with van der Waals surface area (Å²) in [5, 5.41) is 21.8. The molecule has 1 aromatic rings. The summed E-state index contributed by atoms with van der Waals surface area (Å²) in [6, 6.07) is 4.02. The molecule has 2 N–H and O–H groups in total. The van der Waals surface area contributed by atoms with Crippen LogP contribution >= 0.6 is 0 Å². The first-order valence-electron chi connectivity index (χ1n) is 5.88. The van der Waals surface area contributed by atoms with Crippen molar-refractivity contribution in [3.05, 3.63) is 22.9 Å². The van der Waals surface area contributed by atoms with E-state index in [4.69, 9.17) is 5.26 Å². The Morgan fingerprint density at radius 2 is 2.24 bits per heavy atom. The molecule has 0 aliphatic rings. The van der Waals surface area contributed by atoms with Gasteiger partial charge in [-0.15, -0.1) is 0 Å². The van der Waals surface area contributed by atoms with E-state index in [2.05, 4.69) is 16.4 Å². The maximum Gasteiger partial charge on any atom is 0.144 e. The van der Waals surface area contributed by atoms with Crippen LogP contribution < -0.4 is 5.32 Å². The Morgan fingerprint density at radius 3 is 2.82 bits per heavy atom. The molecule has 0 fully saturated rings. The number of nitrogens with one attached hydrogen (secondary N) is 1. The van der Waals surface area contributed by atoms with Crippen molar-refractivity contribution in [1.82, 2.24) is 4.98 Å². The van der Waals surface area contributed by atoms with Crippen LogP contribution in [0, 0.1) is 25.2 Å². The highest BCUT2D eigenvalue weighted by Gasteiger charge is 2.09. The largest absolute Gasteiger partial charge is 0.391 e. The van der Waals surface area contributed by atoms with Gasteiger partial charge in [0, 0.05) is 12.2 Å². The summed E-state index contributed by atoms with van der Waals surface area (Å²) in [7, 11) is 0. The van der Waals surface area contributed by atoms with Gasteiger partial charge in [-0.2, -0.15) is 5.26 Å². The van der Waals surface area contributed by atoms with E-state index in [0.717, 1.165) is 24.1 Å². The summed E-state index contributed by atoms with van der Waals surface area (Å²) in [5.74, 6) is 0.570. The molecule has 1 atom stereocenters. The molecule has 1 unspecified atom stereocenters. The smallest absolute Gasteiger partial charge is 0.144 e. The van der Waals surface area contributed by atoms with Crippen LogP contribution in [0.2, 0.25) is 0 Å². The summed E-state index contributed by atoms with van der Waals surface area (Å²) < 4.78 is 0. The first-order valence-corrected chi connectivity index (χ1v) is 5.88. The zero-order valence-corrected chi connectivity index (χ0v) is 10.6. The molecule has 0 aliphatic heterocycles. The third kappa shape index (κ3) is 3.72. The number of nitriles is 1. The van der Waals surface area contributed by atoms with E-state index in [1.807, 2.05) is 26.8 Å². The second-order valence-electron chi connectivity index (χ2n) is 4.24. The van der Waals surface area contributed by atoms with Gasteiger partial charge in [-0.25, -0.2) is 4.98 Å². The number of aliphatic hydroxyl groups excluding tert-OH is 1. The van der Waals surface area contributed by atoms with E-state index in [-0.39, 0.29) is 0 Å². The van der Waals surface area contributed by atoms with Crippen LogP contribution in [0.15, 0.2) is 6.07 Å². The summed E-state index contributed by atoms with van der Waals surface area (Å²) in [5.41, 5.74) is 2.33. The molecule has 92 valence electrons. The fourth-order valence-electron chi connectivity index (χ4n) is 1.76. The average molecular weight is 233 g/mol. The Morgan fingerprint density at radius 1 is 1.53 bits per heavy atom. The van der Waals surface area contributed by atoms with E-state index in [1.165, 1.54) is 0 Å². The third-order valence-electron chi connectivity index (χ3n) is 2.58. The first-order chi connectivity index (χ1) is 8.08. The Labute approximate surface area is 102 Å². The SMILES string of the molecule is CCCC(O)CNc1nc(C)cc(C)c1C#N. The second-order valence-corrected chi connectivity index (χ2v) is 4.24. The van der Waals surface area contributed by atoms with Crippen LogP contribution in [-0.4, -0.2) is 22.7 Å². The van der Waals surface area contributed by atoms with Crippen LogP contribution in [0.5, 0.6) is 0 Å². The van der Waals surface area contributed by atoms with Gasteiger partial charge in [0.15, 0.2) is 0 Å². The zero-order valence-electron chi connectivity index (χ0n) is 10.6. The standard InChI is InChI=1S/C13H19N3O/c1-4-5-11(17)8-15-13-12(7-14)9(2)6-10(3)16-13/h6,11,17H,4-5,8H2,1-3H3,(H,15,16). The van der Waals surface area contributed by atoms with Crippen molar-refractivity contribution in [2.45, 2.75) is 39.7 Å². The van der Waals surface area contributed by atoms with E-state index >= 15 is 0 Å². The molecule has 0 saturated carbocycles. The van der Waals surface area contributed by atoms with Crippen molar-refractivity contribution >= 4 is 5.82 Å². The number of aryl methyl sites for hydroxylation is 2. The molecule has 0 aliphatic carbocycles. The van der Waals surface area contributed by atoms with Crippen molar-refractivity contribution in [3.63, 3.8) is 0 Å². The Hall–Kier alpha value is -1.60. The highest BCUT2D eigenvalue weighted by molar-refractivity contribution is 5.56. The van der Waals surface area contributed by atoms with Gasteiger partial charge < -0.3 is 10.4 Å². The molecule has 17 heavy (non-hydrogen) atoms. The molecule has 0 aromatic carbocycles. The summed E-state index contributed by atoms with van der Waals surface area (Å²) >= 11 is 0. The van der Waals surface area contributed by atoms with Gasteiger partial charge in [-0.3, -0.25) is 0 Å². The molecule has 0 saturated heterocycles. The maximum absolute atomic E-state index is 9.64. The molecule has 0 amide bonds. The van der Waals surface area contributed by atoms with Crippen LogP contribution in [0.25, 0.3) is 0 Å². The van der Waals surface area contributed by atoms with Crippen LogP contribution in [0.4, 0.5) is 5.82 Å². The number of anilines is 1. The average Bonchev–Trinajstić information content (AvgIpc) is 2.26. The Bertz CT molecular complexity index is 423. The predicted molar refractivity (Wildman–Crippen MR) is 67.8 cm³/mol. The minimum Gasteiger partial charge on any atom is -0.391 e. The quantitative estimate of drug-likeness (QED) is 0.817. The van der Waals surface area contributed by atoms with Crippen molar-refractivity contribution in [2.24, 2.45) is 0 Å². The van der Waals surface area contributed by atoms with Gasteiger partial charge in [0.05, 0.1) is 11.7 Å². The predicted octanol–water partition coefficient (Wildman–Crippen LogP) is 2.14. The van der Waals surface area contributed by atoms with E-state index < -0.39 is 6.10 Å². The molecule has 0 bridgehead atoms.